The molecule has 1 heterocycles. The van der Waals surface area contributed by atoms with E-state index in [-0.39, 0.29) is 49.7 Å². The summed E-state index contributed by atoms with van der Waals surface area (Å²) in [5.74, 6) is 0.151. The summed E-state index contributed by atoms with van der Waals surface area (Å²) in [7, 11) is 0. The topological polar surface area (TPSA) is 78.7 Å². The first-order valence-corrected chi connectivity index (χ1v) is 8.63. The van der Waals surface area contributed by atoms with Gasteiger partial charge in [0.1, 0.15) is 0 Å². The molecule has 1 aliphatic heterocycles. The number of halogens is 2. The summed E-state index contributed by atoms with van der Waals surface area (Å²) in [5, 5.41) is 2.55. The van der Waals surface area contributed by atoms with Crippen LogP contribution in [0.1, 0.15) is 18.9 Å². The highest BCUT2D eigenvalue weighted by molar-refractivity contribution is 5.86. The zero-order valence-electron chi connectivity index (χ0n) is 15.2. The molecular weight excluding hydrogens is 375 g/mol. The summed E-state index contributed by atoms with van der Waals surface area (Å²) >= 11 is 0. The van der Waals surface area contributed by atoms with Crippen molar-refractivity contribution in [2.24, 2.45) is 11.7 Å². The Balaban J connectivity index is 0.00000312. The van der Waals surface area contributed by atoms with E-state index in [9.17, 15) is 9.59 Å². The zero-order valence-corrected chi connectivity index (χ0v) is 16.9. The number of likely N-dealkylation sites (tertiary alicyclic amines) is 1. The van der Waals surface area contributed by atoms with Crippen LogP contribution in [-0.2, 0) is 16.1 Å². The number of likely N-dealkylation sites (N-methyl/N-ethyl adjacent to an activating group) is 1. The van der Waals surface area contributed by atoms with Crippen molar-refractivity contribution >= 4 is 36.6 Å². The van der Waals surface area contributed by atoms with Gasteiger partial charge in [-0.2, -0.15) is 0 Å². The van der Waals surface area contributed by atoms with Gasteiger partial charge in [0.15, 0.2) is 0 Å². The van der Waals surface area contributed by atoms with Crippen molar-refractivity contribution < 1.29 is 9.59 Å². The van der Waals surface area contributed by atoms with Crippen LogP contribution in [0.25, 0.3) is 0 Å². The minimum atomic E-state index is -0.297. The molecule has 1 aromatic rings. The molecule has 1 aliphatic rings. The second-order valence-corrected chi connectivity index (χ2v) is 6.29. The largest absolute Gasteiger partial charge is 0.346 e. The fraction of sp³-hybridized carbons (Fsp3) is 0.556. The maximum atomic E-state index is 12.2. The SMILES string of the molecule is CCN(CC1CCN(Cc2ccccc2)C1)C(=O)CNC(=O)CN.Cl.Cl. The highest BCUT2D eigenvalue weighted by Crippen LogP contribution is 2.19. The first kappa shape index (κ1) is 24.7. The van der Waals surface area contributed by atoms with Crippen molar-refractivity contribution in [3.63, 3.8) is 0 Å². The summed E-state index contributed by atoms with van der Waals surface area (Å²) in [6.45, 7) is 6.36. The Morgan fingerprint density at radius 2 is 1.96 bits per heavy atom. The van der Waals surface area contributed by atoms with E-state index >= 15 is 0 Å². The predicted octanol–water partition coefficient (Wildman–Crippen LogP) is 1.28. The molecule has 6 nitrogen and oxygen atoms in total. The Labute approximate surface area is 168 Å². The molecule has 26 heavy (non-hydrogen) atoms. The van der Waals surface area contributed by atoms with Gasteiger partial charge in [0.25, 0.3) is 0 Å². The van der Waals surface area contributed by atoms with Crippen molar-refractivity contribution in [1.82, 2.24) is 15.1 Å². The Morgan fingerprint density at radius 1 is 1.27 bits per heavy atom. The molecule has 0 aliphatic carbocycles. The Morgan fingerprint density at radius 3 is 2.58 bits per heavy atom. The van der Waals surface area contributed by atoms with Gasteiger partial charge in [-0.3, -0.25) is 14.5 Å². The van der Waals surface area contributed by atoms with E-state index in [0.717, 1.165) is 32.6 Å². The molecule has 8 heteroatoms. The standard InChI is InChI=1S/C18H28N4O2.2ClH/c1-2-22(18(24)11-20-17(23)10-19)14-16-8-9-21(13-16)12-15-6-4-3-5-7-15;;/h3-7,16H,2,8-14,19H2,1H3,(H,20,23);2*1H. The molecule has 0 bridgehead atoms. The molecule has 0 saturated carbocycles. The normalized spacial score (nSPS) is 16.3. The summed E-state index contributed by atoms with van der Waals surface area (Å²) in [5.41, 5.74) is 6.56. The van der Waals surface area contributed by atoms with Crippen LogP contribution >= 0.6 is 24.8 Å². The maximum absolute atomic E-state index is 12.2. The third-order valence-corrected chi connectivity index (χ3v) is 4.45. The summed E-state index contributed by atoms with van der Waals surface area (Å²) in [4.78, 5) is 27.7. The number of nitrogens with two attached hydrogens (primary N) is 1. The number of carbonyl (C=O) groups excluding carboxylic acids is 2. The Bertz CT molecular complexity index is 545. The molecule has 2 amide bonds. The van der Waals surface area contributed by atoms with E-state index in [1.54, 1.807) is 0 Å². The molecule has 1 saturated heterocycles. The van der Waals surface area contributed by atoms with Gasteiger partial charge >= 0.3 is 0 Å². The summed E-state index contributed by atoms with van der Waals surface area (Å²) in [6, 6.07) is 10.5. The van der Waals surface area contributed by atoms with Crippen molar-refractivity contribution in [3.05, 3.63) is 35.9 Å². The van der Waals surface area contributed by atoms with E-state index in [2.05, 4.69) is 34.5 Å². The molecule has 148 valence electrons. The number of rotatable bonds is 8. The smallest absolute Gasteiger partial charge is 0.241 e. The summed E-state index contributed by atoms with van der Waals surface area (Å²) in [6.07, 6.45) is 1.10. The number of benzene rings is 1. The third kappa shape index (κ3) is 7.91. The average Bonchev–Trinajstić information content (AvgIpc) is 3.05. The van der Waals surface area contributed by atoms with Crippen LogP contribution in [-0.4, -0.2) is 60.9 Å². The van der Waals surface area contributed by atoms with Gasteiger partial charge < -0.3 is 16.0 Å². The van der Waals surface area contributed by atoms with E-state index in [4.69, 9.17) is 5.73 Å². The van der Waals surface area contributed by atoms with E-state index in [0.29, 0.717) is 12.5 Å². The van der Waals surface area contributed by atoms with Crippen molar-refractivity contribution in [2.75, 3.05) is 39.3 Å². The molecular formula is C18H30Cl2N4O2. The predicted molar refractivity (Wildman–Crippen MR) is 109 cm³/mol. The lowest BCUT2D eigenvalue weighted by atomic mass is 10.1. The lowest BCUT2D eigenvalue weighted by Crippen LogP contribution is -2.43. The Hall–Kier alpha value is -1.34. The van der Waals surface area contributed by atoms with Gasteiger partial charge in [0, 0.05) is 26.2 Å². The van der Waals surface area contributed by atoms with Crippen LogP contribution in [0, 0.1) is 5.92 Å². The first-order valence-electron chi connectivity index (χ1n) is 8.63. The van der Waals surface area contributed by atoms with Gasteiger partial charge in [-0.05, 0) is 31.4 Å². The van der Waals surface area contributed by atoms with Crippen molar-refractivity contribution in [3.8, 4) is 0 Å². The lowest BCUT2D eigenvalue weighted by Gasteiger charge is -2.25. The number of nitrogens with one attached hydrogen (secondary N) is 1. The van der Waals surface area contributed by atoms with Crippen LogP contribution in [0.4, 0.5) is 0 Å². The number of amides is 2. The summed E-state index contributed by atoms with van der Waals surface area (Å²) < 4.78 is 0. The van der Waals surface area contributed by atoms with Crippen molar-refractivity contribution in [1.29, 1.82) is 0 Å². The van der Waals surface area contributed by atoms with Crippen LogP contribution in [0.2, 0.25) is 0 Å². The molecule has 2 rings (SSSR count). The molecule has 1 aromatic carbocycles. The van der Waals surface area contributed by atoms with Crippen LogP contribution in [0.3, 0.4) is 0 Å². The lowest BCUT2D eigenvalue weighted by molar-refractivity contribution is -0.132. The van der Waals surface area contributed by atoms with Gasteiger partial charge in [-0.25, -0.2) is 0 Å². The first-order chi connectivity index (χ1) is 11.6. The number of carbonyl (C=O) groups is 2. The number of hydrogen-bond donors (Lipinski definition) is 2. The van der Waals surface area contributed by atoms with E-state index in [1.165, 1.54) is 5.56 Å². The Kier molecular flexibility index (Phi) is 12.3. The quantitative estimate of drug-likeness (QED) is 0.683. The maximum Gasteiger partial charge on any atom is 0.241 e. The van der Waals surface area contributed by atoms with Gasteiger partial charge in [-0.1, -0.05) is 30.3 Å². The average molecular weight is 405 g/mol. The van der Waals surface area contributed by atoms with E-state index in [1.807, 2.05) is 17.9 Å². The molecule has 3 N–H and O–H groups in total. The van der Waals surface area contributed by atoms with Crippen LogP contribution in [0.5, 0.6) is 0 Å². The molecule has 0 aromatic heterocycles. The van der Waals surface area contributed by atoms with Crippen LogP contribution in [0.15, 0.2) is 30.3 Å². The second-order valence-electron chi connectivity index (χ2n) is 6.29. The highest BCUT2D eigenvalue weighted by atomic mass is 35.5. The minimum Gasteiger partial charge on any atom is -0.346 e. The molecule has 1 unspecified atom stereocenters. The van der Waals surface area contributed by atoms with E-state index < -0.39 is 0 Å². The zero-order chi connectivity index (χ0) is 17.4. The van der Waals surface area contributed by atoms with Gasteiger partial charge in [0.05, 0.1) is 13.1 Å². The molecule has 0 radical (unpaired) electrons. The van der Waals surface area contributed by atoms with Crippen LogP contribution < -0.4 is 11.1 Å². The van der Waals surface area contributed by atoms with Gasteiger partial charge in [0.2, 0.25) is 11.8 Å². The highest BCUT2D eigenvalue weighted by Gasteiger charge is 2.25. The minimum absolute atomic E-state index is 0. The fourth-order valence-corrected chi connectivity index (χ4v) is 3.12. The third-order valence-electron chi connectivity index (χ3n) is 4.45. The number of hydrogen-bond acceptors (Lipinski definition) is 4. The molecule has 0 spiro atoms. The molecule has 1 fully saturated rings. The molecule has 1 atom stereocenters. The number of nitrogens with zero attached hydrogens (tertiary/aromatic N) is 2. The monoisotopic (exact) mass is 404 g/mol. The van der Waals surface area contributed by atoms with Crippen molar-refractivity contribution in [2.45, 2.75) is 19.9 Å². The second kappa shape index (κ2) is 12.9. The van der Waals surface area contributed by atoms with Gasteiger partial charge in [-0.15, -0.1) is 24.8 Å². The fourth-order valence-electron chi connectivity index (χ4n) is 3.12.